The van der Waals surface area contributed by atoms with Gasteiger partial charge in [-0.25, -0.2) is 0 Å². The second-order valence-electron chi connectivity index (χ2n) is 6.48. The van der Waals surface area contributed by atoms with Crippen molar-refractivity contribution in [3.05, 3.63) is 35.4 Å². The van der Waals surface area contributed by atoms with Crippen molar-refractivity contribution in [1.82, 2.24) is 10.6 Å². The Balaban J connectivity index is 0.00000176. The first-order valence-electron chi connectivity index (χ1n) is 8.44. The lowest BCUT2D eigenvalue weighted by molar-refractivity contribution is 0.0927. The molecule has 3 rings (SSSR count). The minimum Gasteiger partial charge on any atom is -0.349 e. The van der Waals surface area contributed by atoms with E-state index in [0.29, 0.717) is 12.0 Å². The van der Waals surface area contributed by atoms with E-state index in [0.717, 1.165) is 31.5 Å². The maximum Gasteiger partial charge on any atom is 0.251 e. The molecule has 0 bridgehead atoms. The molecule has 1 aliphatic heterocycles. The number of rotatable bonds is 3. The summed E-state index contributed by atoms with van der Waals surface area (Å²) < 4.78 is 0. The van der Waals surface area contributed by atoms with Crippen molar-refractivity contribution in [3.63, 3.8) is 0 Å². The molecular weight excluding hydrogens is 296 g/mol. The summed E-state index contributed by atoms with van der Waals surface area (Å²) in [6.07, 6.45) is 8.54. The largest absolute Gasteiger partial charge is 0.349 e. The van der Waals surface area contributed by atoms with Crippen molar-refractivity contribution in [3.8, 4) is 0 Å². The van der Waals surface area contributed by atoms with Crippen molar-refractivity contribution in [2.75, 3.05) is 13.1 Å². The van der Waals surface area contributed by atoms with Crippen LogP contribution in [0.1, 0.15) is 66.8 Å². The van der Waals surface area contributed by atoms with E-state index in [-0.39, 0.29) is 18.3 Å². The van der Waals surface area contributed by atoms with Gasteiger partial charge in [-0.3, -0.25) is 4.79 Å². The highest BCUT2D eigenvalue weighted by Crippen LogP contribution is 2.24. The number of piperidine rings is 1. The molecular formula is C18H27ClN2O. The lowest BCUT2D eigenvalue weighted by Crippen LogP contribution is -2.36. The van der Waals surface area contributed by atoms with Gasteiger partial charge in [0, 0.05) is 18.2 Å². The van der Waals surface area contributed by atoms with Crippen molar-refractivity contribution in [2.24, 2.45) is 0 Å². The Morgan fingerprint density at radius 3 is 2.64 bits per heavy atom. The molecule has 2 N–H and O–H groups in total. The summed E-state index contributed by atoms with van der Waals surface area (Å²) in [5.74, 6) is 0.661. The Kier molecular flexibility index (Phi) is 6.71. The van der Waals surface area contributed by atoms with E-state index < -0.39 is 0 Å². The van der Waals surface area contributed by atoms with Crippen LogP contribution in [0.3, 0.4) is 0 Å². The third-order valence-corrected chi connectivity index (χ3v) is 4.86. The first-order chi connectivity index (χ1) is 10.3. The first kappa shape index (κ1) is 17.3. The number of hydrogen-bond acceptors (Lipinski definition) is 2. The maximum absolute atomic E-state index is 12.4. The molecule has 1 amide bonds. The van der Waals surface area contributed by atoms with E-state index in [9.17, 15) is 4.79 Å². The van der Waals surface area contributed by atoms with Crippen LogP contribution < -0.4 is 10.6 Å². The molecule has 22 heavy (non-hydrogen) atoms. The smallest absolute Gasteiger partial charge is 0.251 e. The fourth-order valence-corrected chi connectivity index (χ4v) is 3.59. The standard InChI is InChI=1S/C18H26N2O.ClH/c21-18(20-17-9-2-1-3-10-17)15-7-4-6-14(12-15)16-8-5-11-19-13-16;/h4,6-7,12,16-17,19H,1-3,5,8-11,13H2,(H,20,21);1H. The van der Waals surface area contributed by atoms with Crippen LogP contribution in [0.25, 0.3) is 0 Å². The van der Waals surface area contributed by atoms with E-state index in [1.807, 2.05) is 12.1 Å². The number of carbonyl (C=O) groups excluding carboxylic acids is 1. The Hall–Kier alpha value is -1.06. The van der Waals surface area contributed by atoms with E-state index in [1.165, 1.54) is 37.7 Å². The summed E-state index contributed by atoms with van der Waals surface area (Å²) in [6, 6.07) is 8.61. The number of halogens is 1. The van der Waals surface area contributed by atoms with Crippen molar-refractivity contribution >= 4 is 18.3 Å². The average Bonchev–Trinajstić information content (AvgIpc) is 2.57. The van der Waals surface area contributed by atoms with Crippen molar-refractivity contribution in [1.29, 1.82) is 0 Å². The van der Waals surface area contributed by atoms with Gasteiger partial charge >= 0.3 is 0 Å². The number of hydrogen-bond donors (Lipinski definition) is 2. The molecule has 0 aromatic heterocycles. The van der Waals surface area contributed by atoms with E-state index >= 15 is 0 Å². The molecule has 0 spiro atoms. The second kappa shape index (κ2) is 8.54. The highest BCUT2D eigenvalue weighted by Gasteiger charge is 2.19. The van der Waals surface area contributed by atoms with Crippen LogP contribution in [-0.4, -0.2) is 25.0 Å². The quantitative estimate of drug-likeness (QED) is 0.892. The Morgan fingerprint density at radius 1 is 1.09 bits per heavy atom. The van der Waals surface area contributed by atoms with Gasteiger partial charge < -0.3 is 10.6 Å². The average molecular weight is 323 g/mol. The third kappa shape index (κ3) is 4.47. The molecule has 1 atom stereocenters. The summed E-state index contributed by atoms with van der Waals surface area (Å²) in [4.78, 5) is 12.4. The molecule has 3 nitrogen and oxygen atoms in total. The molecule has 1 unspecified atom stereocenters. The van der Waals surface area contributed by atoms with Crippen LogP contribution in [0.2, 0.25) is 0 Å². The minimum absolute atomic E-state index is 0. The van der Waals surface area contributed by atoms with Crippen LogP contribution in [0.4, 0.5) is 0 Å². The molecule has 2 aliphatic rings. The monoisotopic (exact) mass is 322 g/mol. The molecule has 1 aliphatic carbocycles. The van der Waals surface area contributed by atoms with Gasteiger partial charge in [-0.1, -0.05) is 31.4 Å². The summed E-state index contributed by atoms with van der Waals surface area (Å²) in [7, 11) is 0. The number of carbonyl (C=O) groups is 1. The van der Waals surface area contributed by atoms with E-state index in [1.54, 1.807) is 0 Å². The highest BCUT2D eigenvalue weighted by molar-refractivity contribution is 5.94. The Morgan fingerprint density at radius 2 is 1.91 bits per heavy atom. The lowest BCUT2D eigenvalue weighted by atomic mass is 9.90. The number of nitrogens with one attached hydrogen (secondary N) is 2. The SMILES string of the molecule is Cl.O=C(NC1CCCCC1)c1cccc(C2CCCNC2)c1. The van der Waals surface area contributed by atoms with Crippen molar-refractivity contribution < 1.29 is 4.79 Å². The van der Waals surface area contributed by atoms with Gasteiger partial charge in [0.15, 0.2) is 0 Å². The van der Waals surface area contributed by atoms with Crippen LogP contribution in [0.5, 0.6) is 0 Å². The van der Waals surface area contributed by atoms with Gasteiger partial charge in [-0.2, -0.15) is 0 Å². The fraction of sp³-hybridized carbons (Fsp3) is 0.611. The van der Waals surface area contributed by atoms with Crippen molar-refractivity contribution in [2.45, 2.75) is 56.9 Å². The van der Waals surface area contributed by atoms with Crippen LogP contribution in [0, 0.1) is 0 Å². The lowest BCUT2D eigenvalue weighted by Gasteiger charge is -2.24. The molecule has 1 aromatic rings. The summed E-state index contributed by atoms with van der Waals surface area (Å²) in [6.45, 7) is 2.16. The Labute approximate surface area is 139 Å². The predicted octanol–water partition coefficient (Wildman–Crippen LogP) is 3.64. The fourth-order valence-electron chi connectivity index (χ4n) is 3.59. The molecule has 4 heteroatoms. The van der Waals surface area contributed by atoms with E-state index in [4.69, 9.17) is 0 Å². The van der Waals surface area contributed by atoms with Gasteiger partial charge in [0.25, 0.3) is 5.91 Å². The van der Waals surface area contributed by atoms with E-state index in [2.05, 4.69) is 22.8 Å². The zero-order chi connectivity index (χ0) is 14.5. The van der Waals surface area contributed by atoms with Gasteiger partial charge in [-0.05, 0) is 55.8 Å². The van der Waals surface area contributed by atoms with Crippen LogP contribution in [0.15, 0.2) is 24.3 Å². The maximum atomic E-state index is 12.4. The molecule has 122 valence electrons. The molecule has 0 radical (unpaired) electrons. The third-order valence-electron chi connectivity index (χ3n) is 4.86. The summed E-state index contributed by atoms with van der Waals surface area (Å²) in [5.41, 5.74) is 2.13. The molecule has 1 aromatic carbocycles. The predicted molar refractivity (Wildman–Crippen MR) is 92.9 cm³/mol. The van der Waals surface area contributed by atoms with Gasteiger partial charge in [0.1, 0.15) is 0 Å². The molecule has 1 saturated carbocycles. The Bertz CT molecular complexity index is 480. The zero-order valence-corrected chi connectivity index (χ0v) is 14.0. The second-order valence-corrected chi connectivity index (χ2v) is 6.48. The highest BCUT2D eigenvalue weighted by atomic mass is 35.5. The van der Waals surface area contributed by atoms with Crippen LogP contribution in [-0.2, 0) is 0 Å². The molecule has 1 saturated heterocycles. The first-order valence-corrected chi connectivity index (χ1v) is 8.44. The summed E-state index contributed by atoms with van der Waals surface area (Å²) >= 11 is 0. The zero-order valence-electron chi connectivity index (χ0n) is 13.1. The van der Waals surface area contributed by atoms with Gasteiger partial charge in [0.2, 0.25) is 0 Å². The van der Waals surface area contributed by atoms with Gasteiger partial charge in [0.05, 0.1) is 0 Å². The topological polar surface area (TPSA) is 41.1 Å². The minimum atomic E-state index is 0. The van der Waals surface area contributed by atoms with Gasteiger partial charge in [-0.15, -0.1) is 12.4 Å². The molecule has 2 fully saturated rings. The summed E-state index contributed by atoms with van der Waals surface area (Å²) in [5, 5.41) is 6.66. The number of benzene rings is 1. The van der Waals surface area contributed by atoms with Crippen LogP contribution >= 0.6 is 12.4 Å². The molecule has 1 heterocycles. The number of amides is 1. The normalized spacial score (nSPS) is 22.6.